The lowest BCUT2D eigenvalue weighted by Crippen LogP contribution is -2.60. The third-order valence-corrected chi connectivity index (χ3v) is 3.29. The van der Waals surface area contributed by atoms with Crippen molar-refractivity contribution in [2.45, 2.75) is 24.5 Å². The molecular formula is C8H13N3O9P+. The lowest BCUT2D eigenvalue weighted by Gasteiger charge is -2.14. The van der Waals surface area contributed by atoms with E-state index in [2.05, 4.69) is 9.51 Å². The van der Waals surface area contributed by atoms with Crippen LogP contribution in [0.4, 0.5) is 0 Å². The van der Waals surface area contributed by atoms with Gasteiger partial charge in [-0.3, -0.25) is 4.52 Å². The average molecular weight is 326 g/mol. The topological polar surface area (TPSA) is 186 Å². The highest BCUT2D eigenvalue weighted by atomic mass is 31.2. The number of hydrogen-bond donors (Lipinski definition) is 6. The fourth-order valence-electron chi connectivity index (χ4n) is 1.84. The third-order valence-electron chi connectivity index (χ3n) is 2.81. The Balaban J connectivity index is 2.18. The molecule has 0 aromatic carbocycles. The summed E-state index contributed by atoms with van der Waals surface area (Å²) in [6.07, 6.45) is -4.79. The molecule has 4 atom stereocenters. The molecule has 1 aromatic heterocycles. The van der Waals surface area contributed by atoms with Gasteiger partial charge in [-0.15, -0.1) is 0 Å². The van der Waals surface area contributed by atoms with Gasteiger partial charge in [0, 0.05) is 0 Å². The van der Waals surface area contributed by atoms with Crippen molar-refractivity contribution in [1.82, 2.24) is 9.97 Å². The molecule has 12 nitrogen and oxygen atoms in total. The molecule has 13 heteroatoms. The van der Waals surface area contributed by atoms with E-state index in [9.17, 15) is 24.4 Å². The maximum atomic E-state index is 11.6. The van der Waals surface area contributed by atoms with Crippen molar-refractivity contribution in [3.05, 3.63) is 27.3 Å². The second-order valence-corrected chi connectivity index (χ2v) is 5.51. The van der Waals surface area contributed by atoms with Crippen molar-refractivity contribution < 1.29 is 38.4 Å². The van der Waals surface area contributed by atoms with E-state index in [4.69, 9.17) is 14.5 Å². The maximum absolute atomic E-state index is 11.6. The SMILES string of the molecule is O=c1[nH]c[n+]([C@@H]2O[C@H](COP(=O)(O)O)[C@@H](O)[C@H]2O)c(=O)[nH]1. The van der Waals surface area contributed by atoms with E-state index in [0.29, 0.717) is 0 Å². The van der Waals surface area contributed by atoms with Crippen molar-refractivity contribution in [2.24, 2.45) is 0 Å². The molecule has 0 radical (unpaired) electrons. The van der Waals surface area contributed by atoms with Gasteiger partial charge < -0.3 is 24.7 Å². The number of aromatic nitrogens is 3. The standard InChI is InChI=1S/C8H12N3O9P/c12-4-3(1-19-21(16,17)18)20-6(5(4)13)11-2-9-7(14)10-8(11)15/h2-6,12-13H,1H2,(H3,10,14,15,16,17,18)/p+1/t3-,4-,5-,6-/m1/s1. The molecule has 0 aliphatic carbocycles. The highest BCUT2D eigenvalue weighted by Gasteiger charge is 2.47. The summed E-state index contributed by atoms with van der Waals surface area (Å²) in [7, 11) is -4.77. The van der Waals surface area contributed by atoms with Crippen LogP contribution in [0.3, 0.4) is 0 Å². The Kier molecular flexibility index (Phi) is 4.39. The van der Waals surface area contributed by atoms with E-state index in [1.807, 2.05) is 4.98 Å². The van der Waals surface area contributed by atoms with Gasteiger partial charge in [0.15, 0.2) is 6.33 Å². The van der Waals surface area contributed by atoms with E-state index in [1.54, 1.807) is 0 Å². The summed E-state index contributed by atoms with van der Waals surface area (Å²) in [4.78, 5) is 43.6. The van der Waals surface area contributed by atoms with Gasteiger partial charge in [0.25, 0.3) is 0 Å². The molecule has 0 bridgehead atoms. The number of phosphoric acid groups is 1. The Hall–Kier alpha value is -1.40. The molecule has 21 heavy (non-hydrogen) atoms. The Bertz CT molecular complexity index is 665. The zero-order valence-electron chi connectivity index (χ0n) is 10.3. The maximum Gasteiger partial charge on any atom is 0.469 e. The molecular weight excluding hydrogens is 313 g/mol. The first-order valence-electron chi connectivity index (χ1n) is 5.64. The molecule has 0 spiro atoms. The molecule has 118 valence electrons. The van der Waals surface area contributed by atoms with Crippen molar-refractivity contribution in [2.75, 3.05) is 6.61 Å². The minimum atomic E-state index is -4.77. The van der Waals surface area contributed by atoms with Gasteiger partial charge in [0.2, 0.25) is 6.23 Å². The molecule has 0 unspecified atom stereocenters. The molecule has 2 heterocycles. The molecule has 0 amide bonds. The largest absolute Gasteiger partial charge is 0.469 e. The van der Waals surface area contributed by atoms with Crippen LogP contribution in [0.25, 0.3) is 0 Å². The monoisotopic (exact) mass is 326 g/mol. The van der Waals surface area contributed by atoms with Gasteiger partial charge in [-0.1, -0.05) is 0 Å². The summed E-state index contributed by atoms with van der Waals surface area (Å²) in [6, 6.07) is 0. The lowest BCUT2D eigenvalue weighted by atomic mass is 10.1. The van der Waals surface area contributed by atoms with Crippen LogP contribution in [0.15, 0.2) is 15.9 Å². The van der Waals surface area contributed by atoms with Crippen LogP contribution in [-0.2, 0) is 13.8 Å². The van der Waals surface area contributed by atoms with Crippen LogP contribution in [0.2, 0.25) is 0 Å². The van der Waals surface area contributed by atoms with Crippen LogP contribution < -0.4 is 15.9 Å². The molecule has 1 saturated heterocycles. The summed E-state index contributed by atoms with van der Waals surface area (Å²) in [6.45, 7) is -0.694. The van der Waals surface area contributed by atoms with E-state index in [1.165, 1.54) is 0 Å². The number of nitrogens with one attached hydrogen (secondary N) is 2. The van der Waals surface area contributed by atoms with Crippen molar-refractivity contribution in [1.29, 1.82) is 0 Å². The van der Waals surface area contributed by atoms with Crippen molar-refractivity contribution >= 4 is 7.82 Å². The Morgan fingerprint density at radius 3 is 2.57 bits per heavy atom. The quantitative estimate of drug-likeness (QED) is 0.237. The number of ether oxygens (including phenoxy) is 1. The van der Waals surface area contributed by atoms with Gasteiger partial charge in [0.1, 0.15) is 18.3 Å². The number of aliphatic hydroxyl groups excluding tert-OH is 2. The fourth-order valence-corrected chi connectivity index (χ4v) is 2.18. The first kappa shape index (κ1) is 16.0. The molecule has 1 fully saturated rings. The van der Waals surface area contributed by atoms with Crippen LogP contribution in [0, 0.1) is 0 Å². The van der Waals surface area contributed by atoms with Crippen molar-refractivity contribution in [3.63, 3.8) is 0 Å². The van der Waals surface area contributed by atoms with E-state index < -0.39 is 50.3 Å². The number of rotatable bonds is 4. The highest BCUT2D eigenvalue weighted by Crippen LogP contribution is 2.37. The molecule has 1 aliphatic rings. The Morgan fingerprint density at radius 2 is 2.00 bits per heavy atom. The van der Waals surface area contributed by atoms with Gasteiger partial charge in [-0.2, -0.15) is 9.55 Å². The van der Waals surface area contributed by atoms with E-state index in [0.717, 1.165) is 10.9 Å². The summed E-state index contributed by atoms with van der Waals surface area (Å²) >= 11 is 0. The normalized spacial score (nSPS) is 29.7. The molecule has 0 saturated carbocycles. The second kappa shape index (κ2) is 5.77. The minimum Gasteiger partial charge on any atom is -0.387 e. The first-order chi connectivity index (χ1) is 9.69. The second-order valence-electron chi connectivity index (χ2n) is 4.27. The number of aliphatic hydroxyl groups is 2. The number of H-pyrrole nitrogens is 2. The number of nitrogens with zero attached hydrogens (tertiary/aromatic N) is 1. The molecule has 1 aromatic rings. The summed E-state index contributed by atoms with van der Waals surface area (Å²) in [5, 5.41) is 19.5. The minimum absolute atomic E-state index is 0.694. The summed E-state index contributed by atoms with van der Waals surface area (Å²) in [5.41, 5.74) is -1.67. The van der Waals surface area contributed by atoms with E-state index >= 15 is 0 Å². The summed E-state index contributed by atoms with van der Waals surface area (Å²) < 4.78 is 20.7. The molecule has 2 rings (SSSR count). The van der Waals surface area contributed by atoms with Gasteiger partial charge in [-0.25, -0.2) is 19.1 Å². The van der Waals surface area contributed by atoms with Crippen LogP contribution in [0.1, 0.15) is 6.23 Å². The van der Waals surface area contributed by atoms with Crippen LogP contribution in [-0.4, -0.2) is 54.9 Å². The molecule has 6 N–H and O–H groups in total. The van der Waals surface area contributed by atoms with Gasteiger partial charge in [0.05, 0.1) is 6.61 Å². The molecule has 1 aliphatic heterocycles. The fraction of sp³-hybridized carbons (Fsp3) is 0.625. The third kappa shape index (κ3) is 3.63. The van der Waals surface area contributed by atoms with Crippen LogP contribution in [0.5, 0.6) is 0 Å². The van der Waals surface area contributed by atoms with Gasteiger partial charge >= 0.3 is 19.2 Å². The number of hydrogen-bond acceptors (Lipinski definition) is 7. The zero-order valence-corrected chi connectivity index (χ0v) is 11.2. The Labute approximate surface area is 115 Å². The zero-order chi connectivity index (χ0) is 15.8. The number of phosphoric ester groups is 1. The smallest absolute Gasteiger partial charge is 0.387 e. The lowest BCUT2D eigenvalue weighted by molar-refractivity contribution is -0.782. The van der Waals surface area contributed by atoms with Crippen molar-refractivity contribution in [3.8, 4) is 0 Å². The highest BCUT2D eigenvalue weighted by molar-refractivity contribution is 7.46. The Morgan fingerprint density at radius 1 is 1.33 bits per heavy atom. The number of aromatic amines is 2. The van der Waals surface area contributed by atoms with E-state index in [-0.39, 0.29) is 0 Å². The van der Waals surface area contributed by atoms with Gasteiger partial charge in [-0.05, 0) is 0 Å². The van der Waals surface area contributed by atoms with Crippen LogP contribution >= 0.6 is 7.82 Å². The average Bonchev–Trinajstić information content (AvgIpc) is 2.64. The first-order valence-corrected chi connectivity index (χ1v) is 7.17. The predicted octanol–water partition coefficient (Wildman–Crippen LogP) is -3.92. The summed E-state index contributed by atoms with van der Waals surface area (Å²) in [5.74, 6) is 0. The predicted molar refractivity (Wildman–Crippen MR) is 61.8 cm³/mol.